The molecule has 0 radical (unpaired) electrons. The van der Waals surface area contributed by atoms with E-state index in [0.717, 1.165) is 29.0 Å². The molecule has 4 heteroatoms. The van der Waals surface area contributed by atoms with Crippen molar-refractivity contribution in [1.29, 1.82) is 0 Å². The summed E-state index contributed by atoms with van der Waals surface area (Å²) in [5.41, 5.74) is 6.69. The number of nitrogens with zero attached hydrogens (tertiary/aromatic N) is 2. The number of hydrogen-bond donors (Lipinski definition) is 1. The van der Waals surface area contributed by atoms with E-state index in [9.17, 15) is 4.79 Å². The normalized spacial score (nSPS) is 10.9. The number of fused-ring (bicyclic) bond motifs is 1. The van der Waals surface area contributed by atoms with E-state index in [-0.39, 0.29) is 5.91 Å². The number of benzene rings is 2. The lowest BCUT2D eigenvalue weighted by Crippen LogP contribution is -2.11. The molecule has 134 valence electrons. The second-order valence-electron chi connectivity index (χ2n) is 6.68. The van der Waals surface area contributed by atoms with Crippen LogP contribution in [0.1, 0.15) is 28.4 Å². The van der Waals surface area contributed by atoms with Gasteiger partial charge in [-0.3, -0.25) is 4.79 Å². The first-order valence-electron chi connectivity index (χ1n) is 9.08. The lowest BCUT2D eigenvalue weighted by Gasteiger charge is -2.06. The van der Waals surface area contributed by atoms with Gasteiger partial charge in [0.25, 0.3) is 5.91 Å². The fraction of sp³-hybridized carbons (Fsp3) is 0.130. The summed E-state index contributed by atoms with van der Waals surface area (Å²) in [6.45, 7) is 4.16. The van der Waals surface area contributed by atoms with Crippen LogP contribution in [0.25, 0.3) is 16.9 Å². The van der Waals surface area contributed by atoms with Gasteiger partial charge in [0, 0.05) is 29.2 Å². The Morgan fingerprint density at radius 1 is 1.04 bits per heavy atom. The Kier molecular flexibility index (Phi) is 4.47. The number of hydrogen-bond acceptors (Lipinski definition) is 2. The zero-order valence-electron chi connectivity index (χ0n) is 15.4. The Hall–Kier alpha value is -3.40. The van der Waals surface area contributed by atoms with Crippen LogP contribution in [0.3, 0.4) is 0 Å². The summed E-state index contributed by atoms with van der Waals surface area (Å²) in [5.74, 6) is -0.103. The second-order valence-corrected chi connectivity index (χ2v) is 6.68. The summed E-state index contributed by atoms with van der Waals surface area (Å²) in [5, 5.41) is 2.94. The van der Waals surface area contributed by atoms with Gasteiger partial charge in [-0.1, -0.05) is 31.2 Å². The van der Waals surface area contributed by atoms with Crippen molar-refractivity contribution in [3.8, 4) is 11.3 Å². The number of aryl methyl sites for hydroxylation is 2. The highest BCUT2D eigenvalue weighted by atomic mass is 16.1. The van der Waals surface area contributed by atoms with Crippen molar-refractivity contribution in [2.24, 2.45) is 0 Å². The molecule has 0 aliphatic rings. The average molecular weight is 355 g/mol. The van der Waals surface area contributed by atoms with Gasteiger partial charge in [-0.15, -0.1) is 0 Å². The summed E-state index contributed by atoms with van der Waals surface area (Å²) in [6, 6.07) is 19.6. The first-order chi connectivity index (χ1) is 13.1. The number of pyridine rings is 1. The highest BCUT2D eigenvalue weighted by Gasteiger charge is 2.08. The molecule has 0 unspecified atom stereocenters. The van der Waals surface area contributed by atoms with E-state index in [1.165, 1.54) is 11.1 Å². The van der Waals surface area contributed by atoms with Gasteiger partial charge >= 0.3 is 0 Å². The van der Waals surface area contributed by atoms with Gasteiger partial charge < -0.3 is 9.72 Å². The number of imidazole rings is 1. The van der Waals surface area contributed by atoms with Crippen molar-refractivity contribution in [1.82, 2.24) is 9.38 Å². The lowest BCUT2D eigenvalue weighted by atomic mass is 10.1. The summed E-state index contributed by atoms with van der Waals surface area (Å²) in [4.78, 5) is 17.1. The standard InChI is InChI=1S/C23H21N3O/c1-3-17-4-6-19(7-5-17)23(27)24-20-10-8-18(9-11-20)21-15-26-13-12-16(2)14-22(26)25-21/h4-15H,3H2,1-2H3,(H,24,27). The molecule has 0 fully saturated rings. The van der Waals surface area contributed by atoms with Crippen LogP contribution < -0.4 is 5.32 Å². The molecule has 1 amide bonds. The maximum Gasteiger partial charge on any atom is 0.255 e. The summed E-state index contributed by atoms with van der Waals surface area (Å²) >= 11 is 0. The maximum atomic E-state index is 12.4. The molecule has 0 aliphatic heterocycles. The SMILES string of the molecule is CCc1ccc(C(=O)Nc2ccc(-c3cn4ccc(C)cc4n3)cc2)cc1. The lowest BCUT2D eigenvalue weighted by molar-refractivity contribution is 0.102. The smallest absolute Gasteiger partial charge is 0.255 e. The van der Waals surface area contributed by atoms with Gasteiger partial charge in [-0.05, 0) is 60.9 Å². The molecule has 1 N–H and O–H groups in total. The van der Waals surface area contributed by atoms with Crippen LogP contribution in [0.4, 0.5) is 5.69 Å². The molecule has 27 heavy (non-hydrogen) atoms. The van der Waals surface area contributed by atoms with Crippen LogP contribution in [0.15, 0.2) is 73.1 Å². The molecule has 0 bridgehead atoms. The molecule has 0 saturated carbocycles. The van der Waals surface area contributed by atoms with E-state index in [4.69, 9.17) is 0 Å². The van der Waals surface area contributed by atoms with Gasteiger partial charge in [-0.25, -0.2) is 4.98 Å². The third-order valence-electron chi connectivity index (χ3n) is 4.68. The Bertz CT molecular complexity index is 1090. The number of carbonyl (C=O) groups is 1. The second kappa shape index (κ2) is 7.08. The van der Waals surface area contributed by atoms with E-state index in [1.807, 2.05) is 65.3 Å². The molecule has 0 saturated heterocycles. The van der Waals surface area contributed by atoms with E-state index in [2.05, 4.69) is 36.3 Å². The average Bonchev–Trinajstić information content (AvgIpc) is 3.11. The predicted molar refractivity (Wildman–Crippen MR) is 109 cm³/mol. The van der Waals surface area contributed by atoms with Crippen LogP contribution in [-0.2, 0) is 6.42 Å². The Morgan fingerprint density at radius 2 is 1.78 bits per heavy atom. The first-order valence-corrected chi connectivity index (χ1v) is 9.08. The molecule has 2 heterocycles. The molecule has 4 aromatic rings. The van der Waals surface area contributed by atoms with Gasteiger partial charge in [0.2, 0.25) is 0 Å². The van der Waals surface area contributed by atoms with Crippen LogP contribution in [-0.4, -0.2) is 15.3 Å². The molecular formula is C23H21N3O. The van der Waals surface area contributed by atoms with Crippen molar-refractivity contribution in [3.63, 3.8) is 0 Å². The third kappa shape index (κ3) is 3.60. The zero-order chi connectivity index (χ0) is 18.8. The fourth-order valence-electron chi connectivity index (χ4n) is 3.04. The molecule has 0 atom stereocenters. The zero-order valence-corrected chi connectivity index (χ0v) is 15.4. The van der Waals surface area contributed by atoms with Gasteiger partial charge in [0.05, 0.1) is 5.69 Å². The van der Waals surface area contributed by atoms with E-state index < -0.39 is 0 Å². The van der Waals surface area contributed by atoms with Crippen molar-refractivity contribution >= 4 is 17.2 Å². The number of rotatable bonds is 4. The first kappa shape index (κ1) is 17.0. The Labute approximate surface area is 158 Å². The topological polar surface area (TPSA) is 46.4 Å². The predicted octanol–water partition coefficient (Wildman–Crippen LogP) is 5.12. The van der Waals surface area contributed by atoms with Crippen molar-refractivity contribution < 1.29 is 4.79 Å². The van der Waals surface area contributed by atoms with Gasteiger partial charge in [-0.2, -0.15) is 0 Å². The van der Waals surface area contributed by atoms with Crippen LogP contribution in [0, 0.1) is 6.92 Å². The van der Waals surface area contributed by atoms with Gasteiger partial charge in [0.1, 0.15) is 5.65 Å². The quantitative estimate of drug-likeness (QED) is 0.552. The summed E-state index contributed by atoms with van der Waals surface area (Å²) < 4.78 is 2.01. The minimum absolute atomic E-state index is 0.103. The highest BCUT2D eigenvalue weighted by molar-refractivity contribution is 6.04. The molecule has 0 aliphatic carbocycles. The monoisotopic (exact) mass is 355 g/mol. The van der Waals surface area contributed by atoms with E-state index in [0.29, 0.717) is 5.56 Å². The van der Waals surface area contributed by atoms with Crippen molar-refractivity contribution in [2.75, 3.05) is 5.32 Å². The molecular weight excluding hydrogens is 334 g/mol. The number of anilines is 1. The third-order valence-corrected chi connectivity index (χ3v) is 4.68. The molecule has 0 spiro atoms. The van der Waals surface area contributed by atoms with E-state index in [1.54, 1.807) is 0 Å². The number of nitrogens with one attached hydrogen (secondary N) is 1. The summed E-state index contributed by atoms with van der Waals surface area (Å²) in [7, 11) is 0. The van der Waals surface area contributed by atoms with Crippen LogP contribution in [0.5, 0.6) is 0 Å². The fourth-order valence-corrected chi connectivity index (χ4v) is 3.04. The molecule has 2 aromatic heterocycles. The van der Waals surface area contributed by atoms with Gasteiger partial charge in [0.15, 0.2) is 0 Å². The van der Waals surface area contributed by atoms with E-state index >= 15 is 0 Å². The largest absolute Gasteiger partial charge is 0.322 e. The maximum absolute atomic E-state index is 12.4. The Morgan fingerprint density at radius 3 is 2.48 bits per heavy atom. The molecule has 2 aromatic carbocycles. The minimum atomic E-state index is -0.103. The summed E-state index contributed by atoms with van der Waals surface area (Å²) in [6.07, 6.45) is 4.99. The molecule has 4 rings (SSSR count). The highest BCUT2D eigenvalue weighted by Crippen LogP contribution is 2.22. The van der Waals surface area contributed by atoms with Crippen molar-refractivity contribution in [3.05, 3.63) is 89.7 Å². The van der Waals surface area contributed by atoms with Crippen LogP contribution >= 0.6 is 0 Å². The number of carbonyl (C=O) groups excluding carboxylic acids is 1. The van der Waals surface area contributed by atoms with Crippen LogP contribution in [0.2, 0.25) is 0 Å². The Balaban J connectivity index is 1.51. The number of aromatic nitrogens is 2. The van der Waals surface area contributed by atoms with Crippen molar-refractivity contribution in [2.45, 2.75) is 20.3 Å². The minimum Gasteiger partial charge on any atom is -0.322 e. The number of amides is 1. The molecule has 4 nitrogen and oxygen atoms in total.